The van der Waals surface area contributed by atoms with Gasteiger partial charge in [0.15, 0.2) is 4.34 Å². The Kier molecular flexibility index (Phi) is 6.30. The lowest BCUT2D eigenvalue weighted by Gasteiger charge is -2.16. The van der Waals surface area contributed by atoms with Crippen LogP contribution in [-0.2, 0) is 12.3 Å². The number of amides is 1. The highest BCUT2D eigenvalue weighted by Crippen LogP contribution is 2.31. The lowest BCUT2D eigenvalue weighted by atomic mass is 10.1. The van der Waals surface area contributed by atoms with E-state index >= 15 is 0 Å². The summed E-state index contributed by atoms with van der Waals surface area (Å²) in [7, 11) is 3.89. The summed E-state index contributed by atoms with van der Waals surface area (Å²) < 4.78 is 2.27. The second-order valence-corrected chi connectivity index (χ2v) is 9.25. The maximum Gasteiger partial charge on any atom is 0.251 e. The van der Waals surface area contributed by atoms with E-state index in [0.29, 0.717) is 12.1 Å². The van der Waals surface area contributed by atoms with Crippen LogP contribution < -0.4 is 10.2 Å². The van der Waals surface area contributed by atoms with Crippen LogP contribution in [-0.4, -0.2) is 30.0 Å². The highest BCUT2D eigenvalue weighted by Gasteiger charge is 2.10. The molecular formula is C23H22N4OS2. The summed E-state index contributed by atoms with van der Waals surface area (Å²) in [6, 6.07) is 19.8. The Bertz CT molecular complexity index is 1120. The number of pyridine rings is 1. The minimum atomic E-state index is -0.0889. The van der Waals surface area contributed by atoms with Gasteiger partial charge in [-0.3, -0.25) is 4.79 Å². The normalized spacial score (nSPS) is 10.9. The molecule has 2 heterocycles. The molecule has 0 bridgehead atoms. The lowest BCUT2D eigenvalue weighted by molar-refractivity contribution is 0.0951. The van der Waals surface area contributed by atoms with E-state index in [-0.39, 0.29) is 5.91 Å². The Morgan fingerprint density at radius 3 is 2.63 bits per heavy atom. The molecule has 4 aromatic rings. The number of nitrogens with zero attached hydrogens (tertiary/aromatic N) is 3. The molecule has 2 aromatic carbocycles. The highest BCUT2D eigenvalue weighted by molar-refractivity contribution is 8.00. The van der Waals surface area contributed by atoms with Crippen molar-refractivity contribution in [3.63, 3.8) is 0 Å². The number of thiazole rings is 1. The minimum absolute atomic E-state index is 0.0889. The largest absolute Gasteiger partial charge is 0.362 e. The first-order chi connectivity index (χ1) is 14.6. The van der Waals surface area contributed by atoms with Crippen molar-refractivity contribution in [3.05, 3.63) is 83.6 Å². The molecule has 1 amide bonds. The fraction of sp³-hybridized carbons (Fsp3) is 0.174. The average Bonchev–Trinajstić information content (AvgIpc) is 3.19. The molecule has 0 atom stereocenters. The Hall–Kier alpha value is -2.90. The fourth-order valence-electron chi connectivity index (χ4n) is 3.06. The molecule has 0 saturated heterocycles. The van der Waals surface area contributed by atoms with Gasteiger partial charge in [-0.2, -0.15) is 0 Å². The molecule has 0 fully saturated rings. The summed E-state index contributed by atoms with van der Waals surface area (Å²) >= 11 is 3.43. The molecule has 0 unspecified atom stereocenters. The van der Waals surface area contributed by atoms with Crippen molar-refractivity contribution in [2.45, 2.75) is 16.6 Å². The number of thioether (sulfide) groups is 1. The number of para-hydroxylation sites is 1. The van der Waals surface area contributed by atoms with Crippen LogP contribution in [0.15, 0.2) is 71.2 Å². The van der Waals surface area contributed by atoms with Gasteiger partial charge in [0.1, 0.15) is 5.82 Å². The molecule has 7 heteroatoms. The maximum atomic E-state index is 12.5. The molecule has 1 N–H and O–H groups in total. The highest BCUT2D eigenvalue weighted by atomic mass is 32.2. The maximum absolute atomic E-state index is 12.5. The van der Waals surface area contributed by atoms with Crippen LogP contribution in [0.25, 0.3) is 10.2 Å². The Balaban J connectivity index is 1.34. The van der Waals surface area contributed by atoms with Crippen molar-refractivity contribution in [1.82, 2.24) is 15.3 Å². The minimum Gasteiger partial charge on any atom is -0.362 e. The number of carbonyl (C=O) groups is 1. The summed E-state index contributed by atoms with van der Waals surface area (Å²) in [6.07, 6.45) is 1.76. The molecule has 0 saturated carbocycles. The lowest BCUT2D eigenvalue weighted by Crippen LogP contribution is -2.24. The molecule has 0 aliphatic rings. The van der Waals surface area contributed by atoms with Crippen LogP contribution in [0.5, 0.6) is 0 Å². The monoisotopic (exact) mass is 434 g/mol. The van der Waals surface area contributed by atoms with Gasteiger partial charge in [-0.25, -0.2) is 9.97 Å². The predicted octanol–water partition coefficient (Wildman–Crippen LogP) is 4.98. The topological polar surface area (TPSA) is 58.1 Å². The van der Waals surface area contributed by atoms with Crippen LogP contribution in [0, 0.1) is 0 Å². The van der Waals surface area contributed by atoms with Gasteiger partial charge in [0, 0.05) is 43.7 Å². The van der Waals surface area contributed by atoms with E-state index < -0.39 is 0 Å². The first kappa shape index (κ1) is 20.4. The van der Waals surface area contributed by atoms with Crippen LogP contribution in [0.2, 0.25) is 0 Å². The first-order valence-electron chi connectivity index (χ1n) is 9.57. The van der Waals surface area contributed by atoms with Gasteiger partial charge in [-0.15, -0.1) is 11.3 Å². The third-order valence-electron chi connectivity index (χ3n) is 4.58. The molecule has 5 nitrogen and oxygen atoms in total. The van der Waals surface area contributed by atoms with E-state index in [2.05, 4.69) is 21.4 Å². The van der Waals surface area contributed by atoms with Gasteiger partial charge in [0.05, 0.1) is 10.2 Å². The zero-order valence-electron chi connectivity index (χ0n) is 16.8. The molecular weight excluding hydrogens is 412 g/mol. The summed E-state index contributed by atoms with van der Waals surface area (Å²) in [5.74, 6) is 1.60. The number of hydrogen-bond donors (Lipinski definition) is 1. The smallest absolute Gasteiger partial charge is 0.251 e. The third-order valence-corrected chi connectivity index (χ3v) is 6.83. The number of benzene rings is 2. The van der Waals surface area contributed by atoms with E-state index in [0.717, 1.165) is 32.6 Å². The van der Waals surface area contributed by atoms with Gasteiger partial charge >= 0.3 is 0 Å². The molecule has 152 valence electrons. The molecule has 0 radical (unpaired) electrons. The van der Waals surface area contributed by atoms with E-state index in [9.17, 15) is 4.79 Å². The molecule has 0 spiro atoms. The number of hydrogen-bond acceptors (Lipinski definition) is 6. The third kappa shape index (κ3) is 4.80. The number of aromatic nitrogens is 2. The van der Waals surface area contributed by atoms with Gasteiger partial charge in [0.25, 0.3) is 5.91 Å². The molecule has 4 rings (SSSR count). The number of carbonyl (C=O) groups excluding carboxylic acids is 1. The fourth-order valence-corrected chi connectivity index (χ4v) is 5.08. The van der Waals surface area contributed by atoms with E-state index in [1.54, 1.807) is 29.3 Å². The first-order valence-corrected chi connectivity index (χ1v) is 11.4. The second-order valence-electron chi connectivity index (χ2n) is 7.00. The summed E-state index contributed by atoms with van der Waals surface area (Å²) in [5, 5.41) is 2.98. The molecule has 0 aliphatic carbocycles. The van der Waals surface area contributed by atoms with Crippen LogP contribution in [0.1, 0.15) is 21.5 Å². The standard InChI is InChI=1S/C23H22N4OS2/c1-27(2)21-18(6-5-13-24-21)14-25-22(28)17-11-9-16(10-12-17)15-29-23-26-19-7-3-4-8-20(19)30-23/h3-13H,14-15H2,1-2H3,(H,25,28). The van der Waals surface area contributed by atoms with Crippen LogP contribution >= 0.6 is 23.1 Å². The summed E-state index contributed by atoms with van der Waals surface area (Å²) in [6.45, 7) is 0.440. The summed E-state index contributed by atoms with van der Waals surface area (Å²) in [4.78, 5) is 23.5. The van der Waals surface area contributed by atoms with Gasteiger partial charge in [0.2, 0.25) is 0 Å². The van der Waals surface area contributed by atoms with E-state index in [1.165, 1.54) is 4.70 Å². The quantitative estimate of drug-likeness (QED) is 0.416. The zero-order chi connectivity index (χ0) is 20.9. The molecule has 2 aromatic heterocycles. The SMILES string of the molecule is CN(C)c1ncccc1CNC(=O)c1ccc(CSc2nc3ccccc3s2)cc1. The van der Waals surface area contributed by atoms with Crippen molar-refractivity contribution in [2.75, 3.05) is 19.0 Å². The second kappa shape index (κ2) is 9.28. The molecule has 30 heavy (non-hydrogen) atoms. The number of anilines is 1. The van der Waals surface area contributed by atoms with E-state index in [1.807, 2.05) is 73.6 Å². The Morgan fingerprint density at radius 1 is 1.07 bits per heavy atom. The van der Waals surface area contributed by atoms with Crippen molar-refractivity contribution in [2.24, 2.45) is 0 Å². The van der Waals surface area contributed by atoms with Crippen LogP contribution in [0.3, 0.4) is 0 Å². The zero-order valence-corrected chi connectivity index (χ0v) is 18.5. The van der Waals surface area contributed by atoms with Gasteiger partial charge < -0.3 is 10.2 Å². The van der Waals surface area contributed by atoms with E-state index in [4.69, 9.17) is 0 Å². The van der Waals surface area contributed by atoms with Crippen molar-refractivity contribution < 1.29 is 4.79 Å². The van der Waals surface area contributed by atoms with Crippen molar-refractivity contribution >= 4 is 45.0 Å². The average molecular weight is 435 g/mol. The number of nitrogens with one attached hydrogen (secondary N) is 1. The van der Waals surface area contributed by atoms with Gasteiger partial charge in [-0.1, -0.05) is 42.1 Å². The van der Waals surface area contributed by atoms with Crippen LogP contribution in [0.4, 0.5) is 5.82 Å². The van der Waals surface area contributed by atoms with Crippen molar-refractivity contribution in [1.29, 1.82) is 0 Å². The Morgan fingerprint density at radius 2 is 1.87 bits per heavy atom. The Labute approximate surface area is 184 Å². The van der Waals surface area contributed by atoms with Gasteiger partial charge in [-0.05, 0) is 35.9 Å². The number of fused-ring (bicyclic) bond motifs is 1. The van der Waals surface area contributed by atoms with Crippen molar-refractivity contribution in [3.8, 4) is 0 Å². The molecule has 0 aliphatic heterocycles. The summed E-state index contributed by atoms with van der Waals surface area (Å²) in [5.41, 5.74) is 3.85. The predicted molar refractivity (Wildman–Crippen MR) is 125 cm³/mol. The number of rotatable bonds is 7.